The summed E-state index contributed by atoms with van der Waals surface area (Å²) in [5.41, 5.74) is 0. The molecule has 3 N–H and O–H groups in total. The van der Waals surface area contributed by atoms with Crippen molar-refractivity contribution in [3.05, 3.63) is 24.2 Å². The van der Waals surface area contributed by atoms with Gasteiger partial charge in [0.25, 0.3) is 5.91 Å². The van der Waals surface area contributed by atoms with E-state index in [0.717, 1.165) is 24.9 Å². The fourth-order valence-corrected chi connectivity index (χ4v) is 3.91. The van der Waals surface area contributed by atoms with Gasteiger partial charge in [0.2, 0.25) is 0 Å². The Labute approximate surface area is 132 Å². The Kier molecular flexibility index (Phi) is 5.51. The zero-order valence-electron chi connectivity index (χ0n) is 13.4. The van der Waals surface area contributed by atoms with E-state index in [4.69, 9.17) is 4.42 Å². The Morgan fingerprint density at radius 2 is 1.95 bits per heavy atom. The molecule has 5 nitrogen and oxygen atoms in total. The van der Waals surface area contributed by atoms with Gasteiger partial charge < -0.3 is 19.5 Å². The molecule has 0 aromatic carbocycles. The van der Waals surface area contributed by atoms with Gasteiger partial charge in [-0.2, -0.15) is 0 Å². The smallest absolute Gasteiger partial charge is 0.275 e. The van der Waals surface area contributed by atoms with E-state index < -0.39 is 0 Å². The summed E-state index contributed by atoms with van der Waals surface area (Å²) in [4.78, 5) is 15.3. The molecule has 3 heterocycles. The average Bonchev–Trinajstić information content (AvgIpc) is 3.08. The van der Waals surface area contributed by atoms with Crippen LogP contribution in [-0.4, -0.2) is 44.7 Å². The fourth-order valence-electron chi connectivity index (χ4n) is 3.91. The van der Waals surface area contributed by atoms with Crippen LogP contribution in [0.15, 0.2) is 22.8 Å². The van der Waals surface area contributed by atoms with Crippen molar-refractivity contribution in [1.29, 1.82) is 0 Å². The van der Waals surface area contributed by atoms with Gasteiger partial charge in [-0.1, -0.05) is 0 Å². The van der Waals surface area contributed by atoms with Crippen LogP contribution in [0, 0.1) is 0 Å². The third-order valence-corrected chi connectivity index (χ3v) is 5.22. The Hall–Kier alpha value is -1.33. The van der Waals surface area contributed by atoms with Crippen LogP contribution in [0.25, 0.3) is 0 Å². The van der Waals surface area contributed by atoms with E-state index in [2.05, 4.69) is 5.32 Å². The average molecular weight is 307 g/mol. The van der Waals surface area contributed by atoms with Crippen molar-refractivity contribution in [3.8, 4) is 0 Å². The van der Waals surface area contributed by atoms with Crippen LogP contribution in [0.3, 0.4) is 0 Å². The molecule has 0 saturated carbocycles. The summed E-state index contributed by atoms with van der Waals surface area (Å²) in [5.74, 6) is 0.950. The number of carbonyl (C=O) groups excluding carboxylic acids is 1. The molecule has 1 amide bonds. The third kappa shape index (κ3) is 4.34. The summed E-state index contributed by atoms with van der Waals surface area (Å²) in [7, 11) is 0. The predicted molar refractivity (Wildman–Crippen MR) is 83.7 cm³/mol. The highest BCUT2D eigenvalue weighted by molar-refractivity contribution is 5.76. The number of quaternary nitrogens is 2. The Balaban J connectivity index is 1.35. The van der Waals surface area contributed by atoms with E-state index in [0.29, 0.717) is 13.1 Å². The molecule has 5 heteroatoms. The molecule has 0 radical (unpaired) electrons. The number of rotatable bonds is 5. The first kappa shape index (κ1) is 15.6. The van der Waals surface area contributed by atoms with Gasteiger partial charge in [0.15, 0.2) is 6.54 Å². The van der Waals surface area contributed by atoms with E-state index in [9.17, 15) is 4.79 Å². The van der Waals surface area contributed by atoms with Gasteiger partial charge in [-0.05, 0) is 31.4 Å². The van der Waals surface area contributed by atoms with E-state index in [1.54, 1.807) is 6.26 Å². The van der Waals surface area contributed by atoms with Crippen molar-refractivity contribution in [2.24, 2.45) is 0 Å². The minimum atomic E-state index is 0.134. The maximum atomic E-state index is 12.0. The summed E-state index contributed by atoms with van der Waals surface area (Å²) in [6.07, 6.45) is 8.41. The summed E-state index contributed by atoms with van der Waals surface area (Å²) in [5, 5.41) is 2.95. The molecule has 3 rings (SSSR count). The molecular formula is C17H29N3O2+2. The molecular weight excluding hydrogens is 278 g/mol. The highest BCUT2D eigenvalue weighted by Crippen LogP contribution is 2.01. The van der Waals surface area contributed by atoms with Crippen LogP contribution < -0.4 is 15.1 Å². The second-order valence-corrected chi connectivity index (χ2v) is 6.78. The number of piperidine rings is 2. The van der Waals surface area contributed by atoms with Crippen molar-refractivity contribution in [1.82, 2.24) is 5.32 Å². The number of hydrogen-bond donors (Lipinski definition) is 3. The zero-order valence-corrected chi connectivity index (χ0v) is 13.4. The van der Waals surface area contributed by atoms with Gasteiger partial charge in [0.05, 0.1) is 45.0 Å². The molecule has 0 aliphatic carbocycles. The lowest BCUT2D eigenvalue weighted by Gasteiger charge is -2.35. The van der Waals surface area contributed by atoms with Gasteiger partial charge >= 0.3 is 0 Å². The van der Waals surface area contributed by atoms with E-state index in [1.165, 1.54) is 50.1 Å². The Morgan fingerprint density at radius 3 is 2.64 bits per heavy atom. The molecule has 122 valence electrons. The monoisotopic (exact) mass is 307 g/mol. The van der Waals surface area contributed by atoms with Gasteiger partial charge in [0, 0.05) is 12.8 Å². The number of carbonyl (C=O) groups is 1. The second kappa shape index (κ2) is 7.79. The SMILES string of the molecule is O=C(C[NH+]1CCC([NH+]2CCCCC2)CC1)NCc1ccco1. The maximum Gasteiger partial charge on any atom is 0.275 e. The molecule has 22 heavy (non-hydrogen) atoms. The van der Waals surface area contributed by atoms with Crippen molar-refractivity contribution >= 4 is 5.91 Å². The van der Waals surface area contributed by atoms with Crippen LogP contribution in [0.5, 0.6) is 0 Å². The first-order chi connectivity index (χ1) is 10.8. The lowest BCUT2D eigenvalue weighted by molar-refractivity contribution is -0.958. The fraction of sp³-hybridized carbons (Fsp3) is 0.706. The Bertz CT molecular complexity index is 446. The molecule has 2 saturated heterocycles. The zero-order chi connectivity index (χ0) is 15.2. The first-order valence-electron chi connectivity index (χ1n) is 8.78. The maximum absolute atomic E-state index is 12.0. The van der Waals surface area contributed by atoms with Gasteiger partial charge in [0.1, 0.15) is 5.76 Å². The van der Waals surface area contributed by atoms with Crippen LogP contribution in [0.2, 0.25) is 0 Å². The molecule has 1 aromatic heterocycles. The molecule has 2 aliphatic heterocycles. The van der Waals surface area contributed by atoms with Crippen molar-refractivity contribution in [3.63, 3.8) is 0 Å². The van der Waals surface area contributed by atoms with Gasteiger partial charge in [-0.25, -0.2) is 0 Å². The molecule has 1 aromatic rings. The van der Waals surface area contributed by atoms with E-state index >= 15 is 0 Å². The van der Waals surface area contributed by atoms with Crippen molar-refractivity contribution < 1.29 is 19.0 Å². The largest absolute Gasteiger partial charge is 0.467 e. The Morgan fingerprint density at radius 1 is 1.18 bits per heavy atom. The first-order valence-corrected chi connectivity index (χ1v) is 8.78. The van der Waals surface area contributed by atoms with Crippen molar-refractivity contribution in [2.75, 3.05) is 32.7 Å². The second-order valence-electron chi connectivity index (χ2n) is 6.78. The number of hydrogen-bond acceptors (Lipinski definition) is 2. The lowest BCUT2D eigenvalue weighted by atomic mass is 10.00. The number of nitrogens with one attached hydrogen (secondary N) is 3. The quantitative estimate of drug-likeness (QED) is 0.654. The summed E-state index contributed by atoms with van der Waals surface area (Å²) in [6.45, 7) is 6.11. The summed E-state index contributed by atoms with van der Waals surface area (Å²) < 4.78 is 5.23. The van der Waals surface area contributed by atoms with Crippen LogP contribution in [0.4, 0.5) is 0 Å². The van der Waals surface area contributed by atoms with Crippen molar-refractivity contribution in [2.45, 2.75) is 44.7 Å². The molecule has 2 aliphatic rings. The standard InChI is InChI=1S/C17H27N3O2/c21-17(18-13-16-5-4-12-22-16)14-19-10-6-15(7-11-19)20-8-2-1-3-9-20/h4-5,12,15H,1-3,6-11,13-14H2,(H,18,21)/p+2. The van der Waals surface area contributed by atoms with Crippen LogP contribution in [-0.2, 0) is 11.3 Å². The van der Waals surface area contributed by atoms with Gasteiger partial charge in [-0.3, -0.25) is 4.79 Å². The van der Waals surface area contributed by atoms with Gasteiger partial charge in [-0.15, -0.1) is 0 Å². The van der Waals surface area contributed by atoms with Crippen LogP contribution >= 0.6 is 0 Å². The minimum Gasteiger partial charge on any atom is -0.467 e. The molecule has 0 atom stereocenters. The van der Waals surface area contributed by atoms with E-state index in [1.807, 2.05) is 17.0 Å². The van der Waals surface area contributed by atoms with E-state index in [-0.39, 0.29) is 5.91 Å². The number of likely N-dealkylation sites (tertiary alicyclic amines) is 2. The predicted octanol–water partition coefficient (Wildman–Crippen LogP) is -0.988. The number of amides is 1. The third-order valence-electron chi connectivity index (χ3n) is 5.22. The van der Waals surface area contributed by atoms with Crippen LogP contribution in [0.1, 0.15) is 37.9 Å². The normalized spacial score (nSPS) is 26.7. The molecule has 0 spiro atoms. The molecule has 0 bridgehead atoms. The highest BCUT2D eigenvalue weighted by Gasteiger charge is 2.31. The molecule has 0 unspecified atom stereocenters. The highest BCUT2D eigenvalue weighted by atomic mass is 16.3. The summed E-state index contributed by atoms with van der Waals surface area (Å²) in [6, 6.07) is 4.58. The topological polar surface area (TPSA) is 51.1 Å². The summed E-state index contributed by atoms with van der Waals surface area (Å²) >= 11 is 0. The number of furan rings is 1. The molecule has 2 fully saturated rings. The lowest BCUT2D eigenvalue weighted by Crippen LogP contribution is -3.21. The minimum absolute atomic E-state index is 0.134.